The number of aryl methyl sites for hydroxylation is 1. The van der Waals surface area contributed by atoms with Crippen LogP contribution in [-0.4, -0.2) is 34.2 Å². The molecule has 3 amide bonds. The molecule has 0 saturated carbocycles. The number of carbonyl (C=O) groups excluding carboxylic acids is 3. The predicted molar refractivity (Wildman–Crippen MR) is 123 cm³/mol. The number of amides is 3. The first-order valence-corrected chi connectivity index (χ1v) is 10.9. The third-order valence-corrected chi connectivity index (χ3v) is 5.41. The molecule has 4 rings (SSSR count). The number of benzene rings is 2. The van der Waals surface area contributed by atoms with E-state index in [2.05, 4.69) is 10.3 Å². The topological polar surface area (TPSA) is 88.6 Å². The molecule has 0 bridgehead atoms. The largest absolute Gasteiger partial charge is 0.487 e. The van der Waals surface area contributed by atoms with Gasteiger partial charge in [-0.05, 0) is 55.3 Å². The number of rotatable bonds is 9. The molecular formula is C26H25N3O4. The van der Waals surface area contributed by atoms with Crippen molar-refractivity contribution in [2.75, 3.05) is 6.54 Å². The summed E-state index contributed by atoms with van der Waals surface area (Å²) in [6, 6.07) is 18.4. The van der Waals surface area contributed by atoms with Crippen LogP contribution in [0, 0.1) is 6.92 Å². The summed E-state index contributed by atoms with van der Waals surface area (Å²) in [5, 5.41) is 2.88. The highest BCUT2D eigenvalue weighted by Crippen LogP contribution is 2.24. The van der Waals surface area contributed by atoms with Gasteiger partial charge in [0, 0.05) is 25.7 Å². The molecule has 1 N–H and O–H groups in total. The van der Waals surface area contributed by atoms with E-state index in [4.69, 9.17) is 4.74 Å². The Hall–Kier alpha value is -4.00. The molecular weight excluding hydrogens is 418 g/mol. The van der Waals surface area contributed by atoms with Crippen molar-refractivity contribution in [3.8, 4) is 5.75 Å². The molecule has 0 spiro atoms. The van der Waals surface area contributed by atoms with E-state index >= 15 is 0 Å². The summed E-state index contributed by atoms with van der Waals surface area (Å²) >= 11 is 0. The van der Waals surface area contributed by atoms with E-state index in [1.807, 2.05) is 55.5 Å². The third kappa shape index (κ3) is 5.44. The minimum absolute atomic E-state index is 0.137. The van der Waals surface area contributed by atoms with Gasteiger partial charge in [0.1, 0.15) is 12.4 Å². The fraction of sp³-hybridized carbons (Fsp3) is 0.231. The van der Waals surface area contributed by atoms with Gasteiger partial charge < -0.3 is 10.1 Å². The van der Waals surface area contributed by atoms with E-state index in [0.29, 0.717) is 36.4 Å². The summed E-state index contributed by atoms with van der Waals surface area (Å²) < 4.78 is 5.77. The number of hydrogen-bond donors (Lipinski definition) is 1. The molecule has 0 fully saturated rings. The SMILES string of the molecule is Cc1ccc2c(c1)C(=O)N(CCCC(=O)NCc1cccc(OCc3ccccn3)c1)C2=O. The van der Waals surface area contributed by atoms with Crippen molar-refractivity contribution in [1.29, 1.82) is 0 Å². The van der Waals surface area contributed by atoms with Gasteiger partial charge in [-0.25, -0.2) is 0 Å². The van der Waals surface area contributed by atoms with Gasteiger partial charge >= 0.3 is 0 Å². The van der Waals surface area contributed by atoms with Crippen LogP contribution in [-0.2, 0) is 17.9 Å². The maximum absolute atomic E-state index is 12.5. The van der Waals surface area contributed by atoms with Gasteiger partial charge in [0.15, 0.2) is 0 Å². The summed E-state index contributed by atoms with van der Waals surface area (Å²) in [4.78, 5) is 42.7. The number of aromatic nitrogens is 1. The van der Waals surface area contributed by atoms with Gasteiger partial charge in [-0.2, -0.15) is 0 Å². The molecule has 2 heterocycles. The van der Waals surface area contributed by atoms with Crippen LogP contribution >= 0.6 is 0 Å². The van der Waals surface area contributed by atoms with Crippen LogP contribution in [0.25, 0.3) is 0 Å². The maximum Gasteiger partial charge on any atom is 0.261 e. The Morgan fingerprint density at radius 2 is 1.85 bits per heavy atom. The van der Waals surface area contributed by atoms with E-state index in [9.17, 15) is 14.4 Å². The number of imide groups is 1. The van der Waals surface area contributed by atoms with Crippen LogP contribution in [0.2, 0.25) is 0 Å². The van der Waals surface area contributed by atoms with Gasteiger partial charge in [0.05, 0.1) is 16.8 Å². The van der Waals surface area contributed by atoms with E-state index in [1.165, 1.54) is 4.90 Å². The van der Waals surface area contributed by atoms with Crippen LogP contribution < -0.4 is 10.1 Å². The Morgan fingerprint density at radius 3 is 2.67 bits per heavy atom. The zero-order valence-electron chi connectivity index (χ0n) is 18.4. The molecule has 0 radical (unpaired) electrons. The molecule has 33 heavy (non-hydrogen) atoms. The van der Waals surface area contributed by atoms with E-state index in [0.717, 1.165) is 16.8 Å². The number of pyridine rings is 1. The highest BCUT2D eigenvalue weighted by atomic mass is 16.5. The second kappa shape index (κ2) is 10.1. The lowest BCUT2D eigenvalue weighted by molar-refractivity contribution is -0.121. The molecule has 7 nitrogen and oxygen atoms in total. The molecule has 1 aromatic heterocycles. The zero-order valence-corrected chi connectivity index (χ0v) is 18.4. The summed E-state index contributed by atoms with van der Waals surface area (Å²) in [7, 11) is 0. The van der Waals surface area contributed by atoms with Gasteiger partial charge in [0.25, 0.3) is 11.8 Å². The minimum atomic E-state index is -0.294. The van der Waals surface area contributed by atoms with Crippen LogP contribution in [0.1, 0.15) is 50.4 Å². The molecule has 168 valence electrons. The number of carbonyl (C=O) groups is 3. The highest BCUT2D eigenvalue weighted by Gasteiger charge is 2.34. The lowest BCUT2D eigenvalue weighted by Crippen LogP contribution is -2.32. The van der Waals surface area contributed by atoms with Gasteiger partial charge in [-0.15, -0.1) is 0 Å². The van der Waals surface area contributed by atoms with E-state index in [1.54, 1.807) is 18.3 Å². The first-order valence-electron chi connectivity index (χ1n) is 10.9. The quantitative estimate of drug-likeness (QED) is 0.510. The summed E-state index contributed by atoms with van der Waals surface area (Å²) in [6.07, 6.45) is 2.35. The minimum Gasteiger partial charge on any atom is -0.487 e. The summed E-state index contributed by atoms with van der Waals surface area (Å²) in [5.74, 6) is -0.0184. The van der Waals surface area contributed by atoms with Crippen molar-refractivity contribution in [2.24, 2.45) is 0 Å². The Kier molecular flexibility index (Phi) is 6.78. The summed E-state index contributed by atoms with van der Waals surface area (Å²) in [6.45, 7) is 2.84. The highest BCUT2D eigenvalue weighted by molar-refractivity contribution is 6.21. The van der Waals surface area contributed by atoms with Crippen molar-refractivity contribution >= 4 is 17.7 Å². The number of hydrogen-bond acceptors (Lipinski definition) is 5. The van der Waals surface area contributed by atoms with Gasteiger partial charge in [-0.1, -0.05) is 29.8 Å². The summed E-state index contributed by atoms with van der Waals surface area (Å²) in [5.41, 5.74) is 3.55. The first-order chi connectivity index (χ1) is 16.0. The predicted octanol–water partition coefficient (Wildman–Crippen LogP) is 3.66. The lowest BCUT2D eigenvalue weighted by Gasteiger charge is -2.13. The second-order valence-corrected chi connectivity index (χ2v) is 7.95. The molecule has 7 heteroatoms. The number of nitrogens with zero attached hydrogens (tertiary/aromatic N) is 2. The number of nitrogens with one attached hydrogen (secondary N) is 1. The Balaban J connectivity index is 1.22. The Labute approximate surface area is 192 Å². The molecule has 1 aliphatic rings. The fourth-order valence-corrected chi connectivity index (χ4v) is 3.68. The second-order valence-electron chi connectivity index (χ2n) is 7.95. The van der Waals surface area contributed by atoms with Crippen LogP contribution in [0.4, 0.5) is 0 Å². The average molecular weight is 444 g/mol. The van der Waals surface area contributed by atoms with Gasteiger partial charge in [0.2, 0.25) is 5.91 Å². The number of ether oxygens (including phenoxy) is 1. The maximum atomic E-state index is 12.5. The number of fused-ring (bicyclic) bond motifs is 1. The average Bonchev–Trinajstić information content (AvgIpc) is 3.06. The van der Waals surface area contributed by atoms with Crippen LogP contribution in [0.5, 0.6) is 5.75 Å². The van der Waals surface area contributed by atoms with Gasteiger partial charge in [-0.3, -0.25) is 24.3 Å². The first kappa shape index (κ1) is 22.2. The normalized spacial score (nSPS) is 12.6. The molecule has 1 aliphatic heterocycles. The van der Waals surface area contributed by atoms with Crippen LogP contribution in [0.15, 0.2) is 66.9 Å². The van der Waals surface area contributed by atoms with Crippen molar-refractivity contribution in [1.82, 2.24) is 15.2 Å². The molecule has 2 aromatic carbocycles. The molecule has 0 aliphatic carbocycles. The van der Waals surface area contributed by atoms with E-state index < -0.39 is 0 Å². The van der Waals surface area contributed by atoms with E-state index in [-0.39, 0.29) is 30.7 Å². The lowest BCUT2D eigenvalue weighted by atomic mass is 10.1. The molecule has 0 atom stereocenters. The van der Waals surface area contributed by atoms with Crippen LogP contribution in [0.3, 0.4) is 0 Å². The van der Waals surface area contributed by atoms with Crippen molar-refractivity contribution in [2.45, 2.75) is 32.9 Å². The smallest absolute Gasteiger partial charge is 0.261 e. The van der Waals surface area contributed by atoms with Crippen molar-refractivity contribution in [3.63, 3.8) is 0 Å². The molecule has 0 unspecified atom stereocenters. The van der Waals surface area contributed by atoms with Crippen molar-refractivity contribution < 1.29 is 19.1 Å². The molecule has 0 saturated heterocycles. The Morgan fingerprint density at radius 1 is 1.00 bits per heavy atom. The standard InChI is InChI=1S/C26H25N3O4/c1-18-10-11-22-23(14-18)26(32)29(25(22)31)13-5-9-24(30)28-16-19-6-4-8-21(15-19)33-17-20-7-2-3-12-27-20/h2-4,6-8,10-12,14-15H,5,9,13,16-17H2,1H3,(H,28,30). The fourth-order valence-electron chi connectivity index (χ4n) is 3.68. The Bertz CT molecular complexity index is 1180. The third-order valence-electron chi connectivity index (χ3n) is 5.41. The van der Waals surface area contributed by atoms with Crippen molar-refractivity contribution in [3.05, 3.63) is 94.8 Å². The molecule has 3 aromatic rings. The zero-order chi connectivity index (χ0) is 23.2. The monoisotopic (exact) mass is 443 g/mol.